The Labute approximate surface area is 102 Å². The molecule has 0 unspecified atom stereocenters. The molecular weight excluding hydrogens is 264 g/mol. The van der Waals surface area contributed by atoms with Crippen LogP contribution in [-0.4, -0.2) is 38.0 Å². The molecule has 6 N–H and O–H groups in total. The van der Waals surface area contributed by atoms with Crippen molar-refractivity contribution in [2.75, 3.05) is 0 Å². The summed E-state index contributed by atoms with van der Waals surface area (Å²) in [7, 11) is 0. The summed E-state index contributed by atoms with van der Waals surface area (Å²) in [6.45, 7) is 0. The van der Waals surface area contributed by atoms with Crippen molar-refractivity contribution in [1.29, 1.82) is 0 Å². The highest BCUT2D eigenvalue weighted by Gasteiger charge is 2.54. The van der Waals surface area contributed by atoms with Crippen LogP contribution in [0.25, 0.3) is 0 Å². The number of nitrogens with one attached hydrogen (secondary N) is 4. The number of rotatable bonds is 1. The molecule has 1 fully saturated rings. The molecule has 19 heavy (non-hydrogen) atoms. The molecule has 0 saturated carbocycles. The number of barbiturate groups is 1. The van der Waals surface area contributed by atoms with Crippen molar-refractivity contribution in [3.63, 3.8) is 0 Å². The fraction of sp³-hybridized carbons (Fsp3) is 0.125. The molecule has 1 aromatic rings. The highest BCUT2D eigenvalue weighted by molar-refractivity contribution is 6.21. The van der Waals surface area contributed by atoms with E-state index in [9.17, 15) is 34.2 Å². The SMILES string of the molecule is O=C1NC(=O)C(O)(c2c(O)[nH]c(=O)[nH]c2=O)C(=O)N1. The number of aromatic nitrogens is 2. The third kappa shape index (κ3) is 1.68. The molecule has 0 aromatic carbocycles. The third-order valence-corrected chi connectivity index (χ3v) is 2.40. The van der Waals surface area contributed by atoms with E-state index in [0.717, 1.165) is 0 Å². The summed E-state index contributed by atoms with van der Waals surface area (Å²) in [6.07, 6.45) is 0. The lowest BCUT2D eigenvalue weighted by molar-refractivity contribution is -0.156. The van der Waals surface area contributed by atoms with Gasteiger partial charge in [0.1, 0.15) is 5.56 Å². The minimum Gasteiger partial charge on any atom is -0.494 e. The molecular formula is C8H6N4O7. The Kier molecular flexibility index (Phi) is 2.49. The lowest BCUT2D eigenvalue weighted by Crippen LogP contribution is -2.66. The van der Waals surface area contributed by atoms with Crippen molar-refractivity contribution in [2.45, 2.75) is 5.60 Å². The molecule has 0 aliphatic carbocycles. The molecule has 2 heterocycles. The van der Waals surface area contributed by atoms with Crippen LogP contribution in [0.3, 0.4) is 0 Å². The zero-order chi connectivity index (χ0) is 14.4. The van der Waals surface area contributed by atoms with Crippen LogP contribution in [0.15, 0.2) is 9.59 Å². The molecule has 0 bridgehead atoms. The number of aliphatic hydroxyl groups is 1. The predicted octanol–water partition coefficient (Wildman–Crippen LogP) is -3.68. The summed E-state index contributed by atoms with van der Waals surface area (Å²) in [6, 6.07) is -1.19. The van der Waals surface area contributed by atoms with Gasteiger partial charge in [0.25, 0.3) is 23.0 Å². The Morgan fingerprint density at radius 3 is 1.89 bits per heavy atom. The van der Waals surface area contributed by atoms with Gasteiger partial charge in [-0.1, -0.05) is 0 Å². The van der Waals surface area contributed by atoms with Crippen molar-refractivity contribution < 1.29 is 24.6 Å². The Morgan fingerprint density at radius 1 is 0.895 bits per heavy atom. The first-order chi connectivity index (χ1) is 8.76. The van der Waals surface area contributed by atoms with Gasteiger partial charge in [-0.05, 0) is 0 Å². The molecule has 11 nitrogen and oxygen atoms in total. The molecule has 1 aromatic heterocycles. The van der Waals surface area contributed by atoms with Gasteiger partial charge in [0, 0.05) is 0 Å². The summed E-state index contributed by atoms with van der Waals surface area (Å²) in [5, 5.41) is 22.5. The Morgan fingerprint density at radius 2 is 1.42 bits per heavy atom. The van der Waals surface area contributed by atoms with Gasteiger partial charge < -0.3 is 10.2 Å². The number of H-pyrrole nitrogens is 2. The molecule has 1 aliphatic heterocycles. The van der Waals surface area contributed by atoms with Gasteiger partial charge in [0.15, 0.2) is 0 Å². The van der Waals surface area contributed by atoms with Gasteiger partial charge in [0.2, 0.25) is 5.88 Å². The molecule has 0 atom stereocenters. The number of aromatic amines is 2. The van der Waals surface area contributed by atoms with Crippen LogP contribution in [0.2, 0.25) is 0 Å². The first-order valence-electron chi connectivity index (χ1n) is 4.72. The van der Waals surface area contributed by atoms with Gasteiger partial charge >= 0.3 is 11.7 Å². The van der Waals surface area contributed by atoms with Crippen molar-refractivity contribution in [1.82, 2.24) is 20.6 Å². The number of carbonyl (C=O) groups excluding carboxylic acids is 3. The number of urea groups is 1. The summed E-state index contributed by atoms with van der Waals surface area (Å²) in [5.74, 6) is -4.24. The highest BCUT2D eigenvalue weighted by atomic mass is 16.3. The molecule has 1 saturated heterocycles. The van der Waals surface area contributed by atoms with Gasteiger partial charge in [-0.2, -0.15) is 0 Å². The lowest BCUT2D eigenvalue weighted by Gasteiger charge is -2.28. The van der Waals surface area contributed by atoms with E-state index in [2.05, 4.69) is 0 Å². The minimum absolute atomic E-state index is 1.10. The number of imide groups is 2. The quantitative estimate of drug-likeness (QED) is 0.284. The van der Waals surface area contributed by atoms with Crippen molar-refractivity contribution in [3.8, 4) is 5.88 Å². The second-order valence-electron chi connectivity index (χ2n) is 3.58. The second-order valence-corrected chi connectivity index (χ2v) is 3.58. The Balaban J connectivity index is 2.73. The van der Waals surface area contributed by atoms with Crippen molar-refractivity contribution in [3.05, 3.63) is 26.4 Å². The van der Waals surface area contributed by atoms with Gasteiger partial charge in [-0.15, -0.1) is 0 Å². The monoisotopic (exact) mass is 270 g/mol. The lowest BCUT2D eigenvalue weighted by atomic mass is 9.92. The standard InChI is InChI=1S/C8H6N4O7/c13-2-1(3(14)10-6(17)9-2)8(19)4(15)11-7(18)12-5(8)16/h19H,(H3,9,10,13,14,17)(H2,11,12,15,16,18). The minimum atomic E-state index is -3.14. The van der Waals surface area contributed by atoms with E-state index in [4.69, 9.17) is 0 Å². The molecule has 1 aliphatic rings. The van der Waals surface area contributed by atoms with Crippen molar-refractivity contribution >= 4 is 17.8 Å². The number of hydrogen-bond donors (Lipinski definition) is 6. The molecule has 0 spiro atoms. The molecule has 100 valence electrons. The normalized spacial score (nSPS) is 17.8. The van der Waals surface area contributed by atoms with Crippen LogP contribution in [0.5, 0.6) is 5.88 Å². The van der Waals surface area contributed by atoms with Crippen LogP contribution < -0.4 is 21.9 Å². The first kappa shape index (κ1) is 12.5. The maximum absolute atomic E-state index is 11.5. The van der Waals surface area contributed by atoms with Crippen molar-refractivity contribution in [2.24, 2.45) is 0 Å². The zero-order valence-electron chi connectivity index (χ0n) is 8.94. The van der Waals surface area contributed by atoms with Crippen LogP contribution >= 0.6 is 0 Å². The van der Waals surface area contributed by atoms with E-state index in [1.807, 2.05) is 0 Å². The number of amides is 4. The fourth-order valence-corrected chi connectivity index (χ4v) is 1.56. The van der Waals surface area contributed by atoms with E-state index in [0.29, 0.717) is 0 Å². The summed E-state index contributed by atoms with van der Waals surface area (Å²) >= 11 is 0. The van der Waals surface area contributed by atoms with Crippen LogP contribution in [0.1, 0.15) is 5.56 Å². The first-order valence-corrected chi connectivity index (χ1v) is 4.72. The zero-order valence-corrected chi connectivity index (χ0v) is 8.94. The fourth-order valence-electron chi connectivity index (χ4n) is 1.56. The largest absolute Gasteiger partial charge is 0.494 e. The third-order valence-electron chi connectivity index (χ3n) is 2.40. The second kappa shape index (κ2) is 3.78. The number of hydrogen-bond acceptors (Lipinski definition) is 7. The van der Waals surface area contributed by atoms with E-state index >= 15 is 0 Å². The summed E-state index contributed by atoms with van der Waals surface area (Å²) in [5.41, 5.74) is -6.71. The van der Waals surface area contributed by atoms with Crippen LogP contribution in [0.4, 0.5) is 4.79 Å². The predicted molar refractivity (Wildman–Crippen MR) is 54.9 cm³/mol. The summed E-state index contributed by atoms with van der Waals surface area (Å²) in [4.78, 5) is 59.6. The van der Waals surface area contributed by atoms with E-state index < -0.39 is 46.1 Å². The Bertz CT molecular complexity index is 695. The number of aromatic hydroxyl groups is 1. The van der Waals surface area contributed by atoms with Gasteiger partial charge in [-0.25, -0.2) is 9.59 Å². The molecule has 0 radical (unpaired) electrons. The maximum Gasteiger partial charge on any atom is 0.328 e. The molecule has 11 heteroatoms. The van der Waals surface area contributed by atoms with E-state index in [1.165, 1.54) is 0 Å². The number of carbonyl (C=O) groups is 3. The van der Waals surface area contributed by atoms with Gasteiger partial charge in [0.05, 0.1) is 0 Å². The smallest absolute Gasteiger partial charge is 0.328 e. The van der Waals surface area contributed by atoms with Gasteiger partial charge in [-0.3, -0.25) is 35.0 Å². The summed E-state index contributed by atoms with van der Waals surface area (Å²) < 4.78 is 0. The maximum atomic E-state index is 11.5. The Hall–Kier alpha value is -2.95. The van der Waals surface area contributed by atoms with Crippen LogP contribution in [0, 0.1) is 0 Å². The van der Waals surface area contributed by atoms with Crippen LogP contribution in [-0.2, 0) is 15.2 Å². The average Bonchev–Trinajstić information content (AvgIpc) is 2.24. The highest BCUT2D eigenvalue weighted by Crippen LogP contribution is 2.25. The molecule has 2 rings (SSSR count). The topological polar surface area (TPSA) is 181 Å². The average molecular weight is 270 g/mol. The van der Waals surface area contributed by atoms with E-state index in [1.54, 1.807) is 20.6 Å². The van der Waals surface area contributed by atoms with E-state index in [-0.39, 0.29) is 0 Å². The molecule has 4 amide bonds.